The molecule has 0 bridgehead atoms. The number of nitrogens with one attached hydrogen (secondary N) is 1. The molecule has 29 heavy (non-hydrogen) atoms. The van der Waals surface area contributed by atoms with E-state index in [0.29, 0.717) is 34.5 Å². The third-order valence-electron chi connectivity index (χ3n) is 4.85. The summed E-state index contributed by atoms with van der Waals surface area (Å²) in [7, 11) is 1.68. The number of aromatic carboxylic acids is 1. The highest BCUT2D eigenvalue weighted by Crippen LogP contribution is 2.34. The van der Waals surface area contributed by atoms with Gasteiger partial charge in [-0.2, -0.15) is 5.26 Å². The number of anilines is 1. The van der Waals surface area contributed by atoms with Gasteiger partial charge in [-0.15, -0.1) is 0 Å². The highest BCUT2D eigenvalue weighted by molar-refractivity contribution is 5.97. The number of carboxylic acid groups (broad SMARTS) is 1. The number of benzene rings is 2. The van der Waals surface area contributed by atoms with E-state index in [1.807, 2.05) is 55.5 Å². The number of aromatic nitrogens is 1. The van der Waals surface area contributed by atoms with E-state index in [9.17, 15) is 20.0 Å². The first-order valence-corrected chi connectivity index (χ1v) is 9.20. The van der Waals surface area contributed by atoms with Crippen LogP contribution in [-0.2, 0) is 18.3 Å². The van der Waals surface area contributed by atoms with Crippen LogP contribution in [0.15, 0.2) is 48.5 Å². The van der Waals surface area contributed by atoms with E-state index in [1.165, 1.54) is 6.92 Å². The van der Waals surface area contributed by atoms with Gasteiger partial charge in [0.15, 0.2) is 0 Å². The minimum Gasteiger partial charge on any atom is -0.477 e. The van der Waals surface area contributed by atoms with Crippen LogP contribution in [0.2, 0.25) is 0 Å². The second-order valence-electron chi connectivity index (χ2n) is 6.71. The fourth-order valence-corrected chi connectivity index (χ4v) is 3.61. The lowest BCUT2D eigenvalue weighted by atomic mass is 9.97. The molecule has 3 rings (SSSR count). The van der Waals surface area contributed by atoms with Gasteiger partial charge in [-0.05, 0) is 35.2 Å². The number of rotatable bonds is 5. The molecule has 0 atom stereocenters. The number of amides is 1. The van der Waals surface area contributed by atoms with Crippen molar-refractivity contribution in [2.24, 2.45) is 7.05 Å². The van der Waals surface area contributed by atoms with Gasteiger partial charge >= 0.3 is 5.97 Å². The molecular formula is C23H21N3O3. The van der Waals surface area contributed by atoms with Crippen molar-refractivity contribution in [1.82, 2.24) is 4.57 Å². The van der Waals surface area contributed by atoms with Crippen LogP contribution in [0.1, 0.15) is 35.6 Å². The van der Waals surface area contributed by atoms with Gasteiger partial charge < -0.3 is 15.0 Å². The molecule has 0 radical (unpaired) electrons. The second kappa shape index (κ2) is 8.03. The van der Waals surface area contributed by atoms with Crippen molar-refractivity contribution >= 4 is 17.6 Å². The maximum atomic E-state index is 11.9. The second-order valence-corrected chi connectivity index (χ2v) is 6.71. The molecule has 0 aliphatic heterocycles. The Labute approximate surface area is 169 Å². The molecule has 0 fully saturated rings. The van der Waals surface area contributed by atoms with Crippen LogP contribution in [0.4, 0.5) is 5.69 Å². The summed E-state index contributed by atoms with van der Waals surface area (Å²) < 4.78 is 1.58. The van der Waals surface area contributed by atoms with Crippen LogP contribution in [0.3, 0.4) is 0 Å². The first-order valence-electron chi connectivity index (χ1n) is 9.20. The molecule has 0 saturated heterocycles. The lowest BCUT2D eigenvalue weighted by Crippen LogP contribution is -2.07. The molecule has 3 aromatic rings. The van der Waals surface area contributed by atoms with Gasteiger partial charge in [-0.3, -0.25) is 4.79 Å². The molecule has 1 aromatic heterocycles. The molecule has 146 valence electrons. The Morgan fingerprint density at radius 1 is 1.10 bits per heavy atom. The summed E-state index contributed by atoms with van der Waals surface area (Å²) in [6.07, 6.45) is 0.563. The van der Waals surface area contributed by atoms with Crippen LogP contribution in [0.5, 0.6) is 0 Å². The monoisotopic (exact) mass is 387 g/mol. The Hall–Kier alpha value is -3.85. The van der Waals surface area contributed by atoms with Gasteiger partial charge in [-0.1, -0.05) is 43.3 Å². The van der Waals surface area contributed by atoms with Gasteiger partial charge in [0.25, 0.3) is 0 Å². The molecule has 2 N–H and O–H groups in total. The fourth-order valence-electron chi connectivity index (χ4n) is 3.61. The average Bonchev–Trinajstić information content (AvgIpc) is 2.99. The van der Waals surface area contributed by atoms with Gasteiger partial charge in [0.2, 0.25) is 5.91 Å². The summed E-state index contributed by atoms with van der Waals surface area (Å²) in [6.45, 7) is 3.36. The minimum atomic E-state index is -1.06. The number of carbonyl (C=O) groups is 2. The number of carbonyl (C=O) groups excluding carboxylic acids is 1. The zero-order valence-electron chi connectivity index (χ0n) is 16.5. The maximum absolute atomic E-state index is 11.9. The van der Waals surface area contributed by atoms with Crippen LogP contribution < -0.4 is 5.32 Å². The van der Waals surface area contributed by atoms with Crippen LogP contribution in [0.25, 0.3) is 22.3 Å². The number of nitriles is 1. The van der Waals surface area contributed by atoms with Gasteiger partial charge in [0, 0.05) is 30.9 Å². The first kappa shape index (κ1) is 19.9. The SMILES string of the molecule is CCc1c(C#N)c(-c2ccc(-c3cccc(NC(C)=O)c3)cc2)c(C(=O)O)n1C. The summed E-state index contributed by atoms with van der Waals surface area (Å²) >= 11 is 0. The number of hydrogen-bond donors (Lipinski definition) is 2. The lowest BCUT2D eigenvalue weighted by Gasteiger charge is -2.08. The van der Waals surface area contributed by atoms with Crippen molar-refractivity contribution in [3.8, 4) is 28.3 Å². The normalized spacial score (nSPS) is 10.4. The summed E-state index contributed by atoms with van der Waals surface area (Å²) in [4.78, 5) is 23.1. The fraction of sp³-hybridized carbons (Fsp3) is 0.174. The van der Waals surface area contributed by atoms with E-state index in [1.54, 1.807) is 11.6 Å². The first-order chi connectivity index (χ1) is 13.9. The van der Waals surface area contributed by atoms with Crippen molar-refractivity contribution in [1.29, 1.82) is 5.26 Å². The predicted octanol–water partition coefficient (Wildman–Crippen LogP) is 4.45. The molecule has 0 spiro atoms. The standard InChI is InChI=1S/C23H21N3O3/c1-4-20-19(13-24)21(22(23(28)29)26(20)3)16-10-8-15(9-11-16)17-6-5-7-18(12-17)25-14(2)27/h5-12H,4H2,1-3H3,(H,25,27)(H,28,29). The summed E-state index contributed by atoms with van der Waals surface area (Å²) in [5, 5.41) is 22.1. The van der Waals surface area contributed by atoms with Crippen LogP contribution in [-0.4, -0.2) is 21.6 Å². The molecule has 0 aliphatic carbocycles. The molecule has 0 unspecified atom stereocenters. The van der Waals surface area contributed by atoms with Gasteiger partial charge in [0.05, 0.1) is 5.56 Å². The zero-order chi connectivity index (χ0) is 21.1. The van der Waals surface area contributed by atoms with E-state index >= 15 is 0 Å². The van der Waals surface area contributed by atoms with Crippen molar-refractivity contribution in [3.05, 3.63) is 65.5 Å². The molecule has 0 saturated carbocycles. The van der Waals surface area contributed by atoms with Crippen molar-refractivity contribution in [2.75, 3.05) is 5.32 Å². The Morgan fingerprint density at radius 2 is 1.76 bits per heavy atom. The van der Waals surface area contributed by atoms with E-state index in [-0.39, 0.29) is 11.6 Å². The molecule has 6 heteroatoms. The smallest absolute Gasteiger partial charge is 0.353 e. The third-order valence-corrected chi connectivity index (χ3v) is 4.85. The predicted molar refractivity (Wildman–Crippen MR) is 112 cm³/mol. The van der Waals surface area contributed by atoms with Crippen molar-refractivity contribution in [2.45, 2.75) is 20.3 Å². The topological polar surface area (TPSA) is 95.1 Å². The van der Waals surface area contributed by atoms with Crippen LogP contribution in [0, 0.1) is 11.3 Å². The number of carboxylic acids is 1. The molecule has 1 heterocycles. The summed E-state index contributed by atoms with van der Waals surface area (Å²) in [6, 6.07) is 17.1. The molecule has 0 aliphatic rings. The highest BCUT2D eigenvalue weighted by atomic mass is 16.4. The summed E-state index contributed by atoms with van der Waals surface area (Å²) in [5.74, 6) is -1.20. The molecule has 6 nitrogen and oxygen atoms in total. The quantitative estimate of drug-likeness (QED) is 0.676. The average molecular weight is 387 g/mol. The number of nitrogens with zero attached hydrogens (tertiary/aromatic N) is 2. The van der Waals surface area contributed by atoms with E-state index in [2.05, 4.69) is 11.4 Å². The van der Waals surface area contributed by atoms with Gasteiger partial charge in [-0.25, -0.2) is 4.79 Å². The summed E-state index contributed by atoms with van der Waals surface area (Å²) in [5.41, 5.74) is 4.87. The van der Waals surface area contributed by atoms with Crippen molar-refractivity contribution in [3.63, 3.8) is 0 Å². The maximum Gasteiger partial charge on any atom is 0.353 e. The largest absolute Gasteiger partial charge is 0.477 e. The van der Waals surface area contributed by atoms with Gasteiger partial charge in [0.1, 0.15) is 11.8 Å². The zero-order valence-corrected chi connectivity index (χ0v) is 16.5. The Kier molecular flexibility index (Phi) is 5.51. The van der Waals surface area contributed by atoms with E-state index in [4.69, 9.17) is 0 Å². The highest BCUT2D eigenvalue weighted by Gasteiger charge is 2.25. The molecular weight excluding hydrogens is 366 g/mol. The minimum absolute atomic E-state index is 0.110. The van der Waals surface area contributed by atoms with E-state index in [0.717, 1.165) is 11.1 Å². The van der Waals surface area contributed by atoms with Crippen LogP contribution >= 0.6 is 0 Å². The third kappa shape index (κ3) is 3.76. The number of hydrogen-bond acceptors (Lipinski definition) is 3. The Balaban J connectivity index is 2.07. The lowest BCUT2D eigenvalue weighted by molar-refractivity contribution is -0.114. The Bertz CT molecular complexity index is 1140. The van der Waals surface area contributed by atoms with E-state index < -0.39 is 5.97 Å². The Morgan fingerprint density at radius 3 is 2.31 bits per heavy atom. The van der Waals surface area contributed by atoms with Crippen molar-refractivity contribution < 1.29 is 14.7 Å². The molecule has 1 amide bonds. The molecule has 2 aromatic carbocycles.